The first-order valence-electron chi connectivity index (χ1n) is 8.21. The van der Waals surface area contributed by atoms with Gasteiger partial charge in [0.15, 0.2) is 5.78 Å². The van der Waals surface area contributed by atoms with Gasteiger partial charge in [-0.3, -0.25) is 9.69 Å². The molecular formula is C18H28N2O. The topological polar surface area (TPSA) is 23.6 Å². The third kappa shape index (κ3) is 4.14. The molecule has 0 aromatic heterocycles. The smallest absolute Gasteiger partial charge is 0.164 e. The van der Waals surface area contributed by atoms with Crippen molar-refractivity contribution in [1.29, 1.82) is 0 Å². The second kappa shape index (κ2) is 7.71. The molecule has 0 saturated carbocycles. The summed E-state index contributed by atoms with van der Waals surface area (Å²) < 4.78 is 0. The normalized spacial score (nSPS) is 19.3. The number of benzene rings is 1. The van der Waals surface area contributed by atoms with Crippen molar-refractivity contribution >= 4 is 5.78 Å². The Morgan fingerprint density at radius 3 is 2.67 bits per heavy atom. The number of Topliss-reactive ketones (excluding diaryl/α,β-unsaturated/α-hetero) is 1. The van der Waals surface area contributed by atoms with Crippen molar-refractivity contribution in [2.24, 2.45) is 0 Å². The summed E-state index contributed by atoms with van der Waals surface area (Å²) in [6.07, 6.45) is 1.87. The number of hydrogen-bond acceptors (Lipinski definition) is 3. The van der Waals surface area contributed by atoms with Crippen LogP contribution in [-0.2, 0) is 0 Å². The van der Waals surface area contributed by atoms with E-state index < -0.39 is 0 Å². The van der Waals surface area contributed by atoms with Gasteiger partial charge >= 0.3 is 0 Å². The molecule has 0 radical (unpaired) electrons. The van der Waals surface area contributed by atoms with Crippen molar-refractivity contribution in [2.75, 3.05) is 32.7 Å². The van der Waals surface area contributed by atoms with Crippen LogP contribution in [0.5, 0.6) is 0 Å². The lowest BCUT2D eigenvalue weighted by Crippen LogP contribution is -2.37. The third-order valence-corrected chi connectivity index (χ3v) is 4.68. The van der Waals surface area contributed by atoms with Crippen molar-refractivity contribution in [3.8, 4) is 0 Å². The Bertz CT molecular complexity index is 468. The number of rotatable bonds is 7. The van der Waals surface area contributed by atoms with Crippen LogP contribution in [0.1, 0.15) is 42.6 Å². The molecule has 1 saturated heterocycles. The molecule has 0 amide bonds. The highest BCUT2D eigenvalue weighted by molar-refractivity contribution is 5.97. The molecule has 1 atom stereocenters. The van der Waals surface area contributed by atoms with Gasteiger partial charge < -0.3 is 4.90 Å². The lowest BCUT2D eigenvalue weighted by Gasteiger charge is -2.26. The van der Waals surface area contributed by atoms with Gasteiger partial charge in [-0.2, -0.15) is 0 Å². The van der Waals surface area contributed by atoms with Crippen LogP contribution < -0.4 is 0 Å². The highest BCUT2D eigenvalue weighted by atomic mass is 16.1. The minimum Gasteiger partial charge on any atom is -0.301 e. The fraction of sp³-hybridized carbons (Fsp3) is 0.611. The Labute approximate surface area is 128 Å². The Balaban J connectivity index is 1.82. The van der Waals surface area contributed by atoms with Crippen LogP contribution in [0.2, 0.25) is 0 Å². The molecule has 1 aliphatic heterocycles. The molecule has 116 valence electrons. The average molecular weight is 288 g/mol. The van der Waals surface area contributed by atoms with E-state index in [-0.39, 0.29) is 5.78 Å². The van der Waals surface area contributed by atoms with Crippen LogP contribution in [0.25, 0.3) is 0 Å². The number of likely N-dealkylation sites (N-methyl/N-ethyl adjacent to an activating group) is 1. The van der Waals surface area contributed by atoms with Gasteiger partial charge in [-0.25, -0.2) is 0 Å². The number of ketones is 1. The maximum absolute atomic E-state index is 12.3. The third-order valence-electron chi connectivity index (χ3n) is 4.68. The van der Waals surface area contributed by atoms with E-state index >= 15 is 0 Å². The van der Waals surface area contributed by atoms with E-state index in [0.717, 1.165) is 43.9 Å². The summed E-state index contributed by atoms with van der Waals surface area (Å²) in [4.78, 5) is 17.3. The maximum atomic E-state index is 12.3. The lowest BCUT2D eigenvalue weighted by atomic mass is 10.0. The van der Waals surface area contributed by atoms with Gasteiger partial charge in [0.1, 0.15) is 0 Å². The van der Waals surface area contributed by atoms with E-state index in [0.29, 0.717) is 12.5 Å². The second-order valence-corrected chi connectivity index (χ2v) is 5.95. The highest BCUT2D eigenvalue weighted by Gasteiger charge is 2.26. The average Bonchev–Trinajstić information content (AvgIpc) is 2.95. The standard InChI is InChI=1S/C18H28N2O/c1-4-20(5-2)16-10-12-19(14-16)13-11-18(21)17-9-7-6-8-15(17)3/h6-9,16H,4-5,10-14H2,1-3H3. The molecule has 1 fully saturated rings. The van der Waals surface area contributed by atoms with Crippen LogP contribution in [0, 0.1) is 6.92 Å². The molecule has 1 aliphatic rings. The number of carbonyl (C=O) groups is 1. The van der Waals surface area contributed by atoms with Gasteiger partial charge in [0.25, 0.3) is 0 Å². The summed E-state index contributed by atoms with van der Waals surface area (Å²) in [7, 11) is 0. The monoisotopic (exact) mass is 288 g/mol. The Kier molecular flexibility index (Phi) is 5.95. The summed E-state index contributed by atoms with van der Waals surface area (Å²) in [5.41, 5.74) is 1.97. The minimum absolute atomic E-state index is 0.277. The summed E-state index contributed by atoms with van der Waals surface area (Å²) in [5, 5.41) is 0. The van der Waals surface area contributed by atoms with Crippen molar-refractivity contribution in [3.05, 3.63) is 35.4 Å². The molecule has 0 bridgehead atoms. The lowest BCUT2D eigenvalue weighted by molar-refractivity contribution is 0.0966. The molecule has 1 unspecified atom stereocenters. The molecular weight excluding hydrogens is 260 g/mol. The fourth-order valence-corrected chi connectivity index (χ4v) is 3.33. The van der Waals surface area contributed by atoms with Crippen molar-refractivity contribution in [1.82, 2.24) is 9.80 Å². The number of nitrogens with zero attached hydrogens (tertiary/aromatic N) is 2. The van der Waals surface area contributed by atoms with Crippen molar-refractivity contribution in [3.63, 3.8) is 0 Å². The number of hydrogen-bond donors (Lipinski definition) is 0. The predicted octanol–water partition coefficient (Wildman–Crippen LogP) is 2.98. The molecule has 1 heterocycles. The zero-order valence-corrected chi connectivity index (χ0v) is 13.6. The quantitative estimate of drug-likeness (QED) is 0.721. The molecule has 0 spiro atoms. The first-order chi connectivity index (χ1) is 10.2. The first-order valence-corrected chi connectivity index (χ1v) is 8.21. The summed E-state index contributed by atoms with van der Waals surface area (Å²) in [6.45, 7) is 11.9. The van der Waals surface area contributed by atoms with Crippen LogP contribution >= 0.6 is 0 Å². The van der Waals surface area contributed by atoms with Crippen LogP contribution in [0.3, 0.4) is 0 Å². The van der Waals surface area contributed by atoms with E-state index in [4.69, 9.17) is 0 Å². The van der Waals surface area contributed by atoms with Gasteiger partial charge in [0.2, 0.25) is 0 Å². The summed E-state index contributed by atoms with van der Waals surface area (Å²) in [5.74, 6) is 0.277. The maximum Gasteiger partial charge on any atom is 0.164 e. The van der Waals surface area contributed by atoms with E-state index in [1.54, 1.807) is 0 Å². The zero-order chi connectivity index (χ0) is 15.2. The molecule has 0 aliphatic carbocycles. The van der Waals surface area contributed by atoms with E-state index in [9.17, 15) is 4.79 Å². The fourth-order valence-electron chi connectivity index (χ4n) is 3.33. The molecule has 3 heteroatoms. The SMILES string of the molecule is CCN(CC)C1CCN(CCC(=O)c2ccccc2C)C1. The molecule has 1 aromatic carbocycles. The largest absolute Gasteiger partial charge is 0.301 e. The molecule has 1 aromatic rings. The van der Waals surface area contributed by atoms with Crippen molar-refractivity contribution in [2.45, 2.75) is 39.7 Å². The molecule has 2 rings (SSSR count). The summed E-state index contributed by atoms with van der Waals surface area (Å²) >= 11 is 0. The molecule has 21 heavy (non-hydrogen) atoms. The van der Waals surface area contributed by atoms with Gasteiger partial charge in [-0.1, -0.05) is 38.1 Å². The van der Waals surface area contributed by atoms with Gasteiger partial charge in [0.05, 0.1) is 0 Å². The van der Waals surface area contributed by atoms with Crippen LogP contribution in [0.4, 0.5) is 0 Å². The van der Waals surface area contributed by atoms with Gasteiger partial charge in [-0.05, 0) is 38.5 Å². The van der Waals surface area contributed by atoms with Crippen LogP contribution in [-0.4, -0.2) is 54.3 Å². The molecule has 3 nitrogen and oxygen atoms in total. The van der Waals surface area contributed by atoms with Gasteiger partial charge in [0, 0.05) is 31.1 Å². The summed E-state index contributed by atoms with van der Waals surface area (Å²) in [6, 6.07) is 8.57. The Morgan fingerprint density at radius 1 is 1.29 bits per heavy atom. The minimum atomic E-state index is 0.277. The van der Waals surface area contributed by atoms with Crippen molar-refractivity contribution < 1.29 is 4.79 Å². The van der Waals surface area contributed by atoms with E-state index in [2.05, 4.69) is 23.6 Å². The van der Waals surface area contributed by atoms with Gasteiger partial charge in [-0.15, -0.1) is 0 Å². The number of aryl methyl sites for hydroxylation is 1. The first kappa shape index (κ1) is 16.2. The Hall–Kier alpha value is -1.19. The zero-order valence-electron chi connectivity index (χ0n) is 13.6. The number of carbonyl (C=O) groups excluding carboxylic acids is 1. The predicted molar refractivity (Wildman–Crippen MR) is 87.9 cm³/mol. The second-order valence-electron chi connectivity index (χ2n) is 5.95. The Morgan fingerprint density at radius 2 is 2.00 bits per heavy atom. The molecule has 0 N–H and O–H groups in total. The van der Waals surface area contributed by atoms with E-state index in [1.807, 2.05) is 31.2 Å². The number of likely N-dealkylation sites (tertiary alicyclic amines) is 1. The highest BCUT2D eigenvalue weighted by Crippen LogP contribution is 2.17. The van der Waals surface area contributed by atoms with Crippen LogP contribution in [0.15, 0.2) is 24.3 Å². The van der Waals surface area contributed by atoms with E-state index in [1.165, 1.54) is 6.42 Å².